The van der Waals surface area contributed by atoms with Crippen LogP contribution in [0.25, 0.3) is 0 Å². The van der Waals surface area contributed by atoms with Crippen molar-refractivity contribution in [2.75, 3.05) is 13.7 Å². The maximum absolute atomic E-state index is 12.0. The molecule has 3 aliphatic carbocycles. The number of nitrogens with zero attached hydrogens (tertiary/aromatic N) is 1. The Morgan fingerprint density at radius 1 is 1.17 bits per heavy atom. The summed E-state index contributed by atoms with van der Waals surface area (Å²) in [4.78, 5) is 12.0. The minimum absolute atomic E-state index is 0.0906. The van der Waals surface area contributed by atoms with Crippen LogP contribution in [0.3, 0.4) is 0 Å². The molecule has 5 atom stereocenters. The second-order valence-electron chi connectivity index (χ2n) is 9.84. The normalized spacial score (nSPS) is 32.2. The average molecular weight is 407 g/mol. The molecule has 3 unspecified atom stereocenters. The Balaban J connectivity index is 1.28. The van der Waals surface area contributed by atoms with Crippen molar-refractivity contribution >= 4 is 0 Å². The van der Waals surface area contributed by atoms with Crippen LogP contribution in [0.2, 0.25) is 0 Å². The fourth-order valence-electron chi connectivity index (χ4n) is 7.03. The van der Waals surface area contributed by atoms with Gasteiger partial charge in [0.25, 0.3) is 5.56 Å². The molecule has 4 nitrogen and oxygen atoms in total. The van der Waals surface area contributed by atoms with Gasteiger partial charge in [0.1, 0.15) is 5.75 Å². The Hall–Kier alpha value is -2.07. The van der Waals surface area contributed by atoms with Gasteiger partial charge in [0.05, 0.1) is 7.11 Å². The van der Waals surface area contributed by atoms with Gasteiger partial charge in [-0.15, -0.1) is 0 Å². The molecule has 2 fully saturated rings. The quantitative estimate of drug-likeness (QED) is 0.802. The summed E-state index contributed by atoms with van der Waals surface area (Å²) < 4.78 is 7.27. The molecule has 0 bridgehead atoms. The molecule has 0 amide bonds. The lowest BCUT2D eigenvalue weighted by Crippen LogP contribution is -2.49. The molecule has 2 saturated carbocycles. The lowest BCUT2D eigenvalue weighted by Gasteiger charge is -2.51. The molecule has 4 heteroatoms. The molecule has 0 saturated heterocycles. The first-order chi connectivity index (χ1) is 14.6. The molecule has 1 heterocycles. The van der Waals surface area contributed by atoms with Crippen molar-refractivity contribution in [3.05, 3.63) is 64.1 Å². The third-order valence-corrected chi connectivity index (χ3v) is 8.58. The smallest absolute Gasteiger partial charge is 0.250 e. The van der Waals surface area contributed by atoms with Crippen LogP contribution in [-0.4, -0.2) is 24.3 Å². The first kappa shape index (κ1) is 19.9. The van der Waals surface area contributed by atoms with E-state index in [0.29, 0.717) is 11.5 Å². The zero-order valence-electron chi connectivity index (χ0n) is 18.3. The molecular weight excluding hydrogens is 372 g/mol. The van der Waals surface area contributed by atoms with E-state index >= 15 is 0 Å². The average Bonchev–Trinajstić information content (AvgIpc) is 3.11. The molecule has 160 valence electrons. The maximum atomic E-state index is 12.0. The molecule has 0 spiro atoms. The van der Waals surface area contributed by atoms with E-state index in [0.717, 1.165) is 36.6 Å². The van der Waals surface area contributed by atoms with Crippen LogP contribution in [-0.2, 0) is 13.0 Å². The highest BCUT2D eigenvalue weighted by molar-refractivity contribution is 5.40. The third-order valence-electron chi connectivity index (χ3n) is 8.58. The molecular formula is C26H34N2O2. The summed E-state index contributed by atoms with van der Waals surface area (Å²) >= 11 is 0. The van der Waals surface area contributed by atoms with Gasteiger partial charge >= 0.3 is 0 Å². The standard InChI is InChI=1S/C26H34N2O2/c1-26-13-12-21-20-9-7-19(30-2)17-18(20)6-8-22(21)23(26)10-11-24(26)27-14-16-28-15-4-3-5-25(28)29/h3-5,7,9,15,17,21-24,27H,6,8,10-14,16H2,1-2H3/t21?,22?,23?,24-,26-/m0/s1. The van der Waals surface area contributed by atoms with Crippen LogP contribution in [0, 0.1) is 17.3 Å². The minimum Gasteiger partial charge on any atom is -0.497 e. The zero-order chi connectivity index (χ0) is 20.7. The van der Waals surface area contributed by atoms with Crippen molar-refractivity contribution in [1.29, 1.82) is 0 Å². The van der Waals surface area contributed by atoms with Crippen molar-refractivity contribution in [3.8, 4) is 5.75 Å². The monoisotopic (exact) mass is 406 g/mol. The van der Waals surface area contributed by atoms with Gasteiger partial charge in [-0.05, 0) is 91.0 Å². The topological polar surface area (TPSA) is 43.3 Å². The molecule has 1 aromatic heterocycles. The Kier molecular flexibility index (Phi) is 5.22. The van der Waals surface area contributed by atoms with Crippen molar-refractivity contribution in [3.63, 3.8) is 0 Å². The van der Waals surface area contributed by atoms with Crippen molar-refractivity contribution < 1.29 is 4.74 Å². The number of aromatic nitrogens is 1. The number of ether oxygens (including phenoxy) is 1. The van der Waals surface area contributed by atoms with E-state index in [4.69, 9.17) is 4.74 Å². The summed E-state index contributed by atoms with van der Waals surface area (Å²) in [6.45, 7) is 4.16. The first-order valence-corrected chi connectivity index (χ1v) is 11.7. The zero-order valence-corrected chi connectivity index (χ0v) is 18.3. The predicted octanol–water partition coefficient (Wildman–Crippen LogP) is 4.37. The summed E-state index contributed by atoms with van der Waals surface area (Å²) in [5.74, 6) is 3.34. The summed E-state index contributed by atoms with van der Waals surface area (Å²) in [5, 5.41) is 3.85. The molecule has 2 aromatic rings. The number of aryl methyl sites for hydroxylation is 1. The molecule has 5 rings (SSSR count). The van der Waals surface area contributed by atoms with Crippen molar-refractivity contribution in [2.45, 2.75) is 64.0 Å². The first-order valence-electron chi connectivity index (χ1n) is 11.7. The molecule has 0 aliphatic heterocycles. The van der Waals surface area contributed by atoms with Gasteiger partial charge in [0.2, 0.25) is 0 Å². The second kappa shape index (κ2) is 7.88. The summed E-state index contributed by atoms with van der Waals surface area (Å²) in [7, 11) is 1.76. The fraction of sp³-hybridized carbons (Fsp3) is 0.577. The Labute approximate surface area is 179 Å². The van der Waals surface area contributed by atoms with Crippen LogP contribution in [0.1, 0.15) is 56.1 Å². The van der Waals surface area contributed by atoms with Crippen molar-refractivity contribution in [2.24, 2.45) is 17.3 Å². The van der Waals surface area contributed by atoms with E-state index in [1.165, 1.54) is 44.1 Å². The van der Waals surface area contributed by atoms with Gasteiger partial charge in [-0.25, -0.2) is 0 Å². The molecule has 0 radical (unpaired) electrons. The van der Waals surface area contributed by atoms with Gasteiger partial charge < -0.3 is 14.6 Å². The van der Waals surface area contributed by atoms with E-state index in [2.05, 4.69) is 30.4 Å². The van der Waals surface area contributed by atoms with Crippen LogP contribution < -0.4 is 15.6 Å². The van der Waals surface area contributed by atoms with Gasteiger partial charge in [0.15, 0.2) is 0 Å². The largest absolute Gasteiger partial charge is 0.497 e. The number of hydrogen-bond acceptors (Lipinski definition) is 3. The summed E-state index contributed by atoms with van der Waals surface area (Å²) in [6.07, 6.45) is 9.60. The van der Waals surface area contributed by atoms with Gasteiger partial charge in [0, 0.05) is 31.4 Å². The van der Waals surface area contributed by atoms with Crippen LogP contribution in [0.4, 0.5) is 0 Å². The highest BCUT2D eigenvalue weighted by atomic mass is 16.5. The summed E-state index contributed by atoms with van der Waals surface area (Å²) in [6, 6.07) is 12.7. The molecule has 1 aromatic carbocycles. The Morgan fingerprint density at radius 3 is 2.90 bits per heavy atom. The number of fused-ring (bicyclic) bond motifs is 5. The van der Waals surface area contributed by atoms with Gasteiger partial charge in [-0.1, -0.05) is 19.1 Å². The van der Waals surface area contributed by atoms with E-state index in [-0.39, 0.29) is 5.56 Å². The van der Waals surface area contributed by atoms with Crippen molar-refractivity contribution in [1.82, 2.24) is 9.88 Å². The van der Waals surface area contributed by atoms with E-state index in [1.54, 1.807) is 18.7 Å². The number of nitrogens with one attached hydrogen (secondary N) is 1. The van der Waals surface area contributed by atoms with Crippen LogP contribution in [0.5, 0.6) is 5.75 Å². The Morgan fingerprint density at radius 2 is 2.07 bits per heavy atom. The SMILES string of the molecule is COc1ccc2c(c1)CCC1C2CC[C@@]2(C)C1CC[C@@H]2NCCn1ccccc1=O. The van der Waals surface area contributed by atoms with E-state index in [9.17, 15) is 4.79 Å². The van der Waals surface area contributed by atoms with Crippen LogP contribution in [0.15, 0.2) is 47.4 Å². The second-order valence-corrected chi connectivity index (χ2v) is 9.84. The summed E-state index contributed by atoms with van der Waals surface area (Å²) in [5.41, 5.74) is 3.58. The van der Waals surface area contributed by atoms with Gasteiger partial charge in [-0.3, -0.25) is 4.79 Å². The highest BCUT2D eigenvalue weighted by Gasteiger charge is 2.54. The molecule has 1 N–H and O–H groups in total. The predicted molar refractivity (Wildman–Crippen MR) is 120 cm³/mol. The number of hydrogen-bond donors (Lipinski definition) is 1. The number of benzene rings is 1. The van der Waals surface area contributed by atoms with Gasteiger partial charge in [-0.2, -0.15) is 0 Å². The number of rotatable bonds is 5. The maximum Gasteiger partial charge on any atom is 0.250 e. The Bertz CT molecular complexity index is 968. The molecule has 30 heavy (non-hydrogen) atoms. The highest BCUT2D eigenvalue weighted by Crippen LogP contribution is 2.60. The van der Waals surface area contributed by atoms with E-state index in [1.807, 2.05) is 22.9 Å². The van der Waals surface area contributed by atoms with E-state index < -0.39 is 0 Å². The lowest BCUT2D eigenvalue weighted by atomic mass is 9.55. The number of pyridine rings is 1. The minimum atomic E-state index is 0.0906. The lowest BCUT2D eigenvalue weighted by molar-refractivity contribution is 0.0411. The number of methoxy groups -OCH3 is 1. The fourth-order valence-corrected chi connectivity index (χ4v) is 7.03. The third kappa shape index (κ3) is 3.30. The molecule has 3 aliphatic rings. The van der Waals surface area contributed by atoms with Crippen LogP contribution >= 0.6 is 0 Å².